The van der Waals surface area contributed by atoms with Gasteiger partial charge in [-0.25, -0.2) is 5.12 Å². The van der Waals surface area contributed by atoms with Gasteiger partial charge < -0.3 is 15.5 Å². The number of benzene rings is 1. The fraction of sp³-hybridized carbons (Fsp3) is 0.294. The van der Waals surface area contributed by atoms with E-state index in [9.17, 15) is 9.28 Å². The number of hydrogen-bond acceptors (Lipinski definition) is 4. The summed E-state index contributed by atoms with van der Waals surface area (Å²) in [5, 5.41) is 2.38. The van der Waals surface area contributed by atoms with Crippen LogP contribution in [-0.2, 0) is 4.74 Å². The molecule has 4 rings (SSSR count). The lowest BCUT2D eigenvalue weighted by molar-refractivity contribution is 0.0744. The van der Waals surface area contributed by atoms with E-state index in [0.717, 1.165) is 21.4 Å². The van der Waals surface area contributed by atoms with Crippen LogP contribution in [0.15, 0.2) is 30.6 Å². The van der Waals surface area contributed by atoms with E-state index in [1.54, 1.807) is 24.4 Å². The number of aromatic amines is 1. The van der Waals surface area contributed by atoms with Crippen molar-refractivity contribution >= 4 is 33.4 Å². The predicted molar refractivity (Wildman–Crippen MR) is 89.5 cm³/mol. The van der Waals surface area contributed by atoms with Crippen LogP contribution in [0.2, 0.25) is 0 Å². The fourth-order valence-electron chi connectivity index (χ4n) is 3.24. The van der Waals surface area contributed by atoms with Gasteiger partial charge in [-0.3, -0.25) is 9.78 Å². The molecule has 0 saturated carbocycles. The van der Waals surface area contributed by atoms with Gasteiger partial charge in [0.2, 0.25) is 0 Å². The summed E-state index contributed by atoms with van der Waals surface area (Å²) in [4.78, 5) is 18.8. The molecular weight excluding hydrogens is 311 g/mol. The number of nitrogens with two attached hydrogens (primary N) is 1. The van der Waals surface area contributed by atoms with Crippen LogP contribution in [-0.4, -0.2) is 35.1 Å². The molecule has 0 spiro atoms. The molecule has 0 bridgehead atoms. The Morgan fingerprint density at radius 1 is 1.29 bits per heavy atom. The van der Waals surface area contributed by atoms with Gasteiger partial charge in [-0.15, -0.1) is 0 Å². The van der Waals surface area contributed by atoms with E-state index in [2.05, 4.69) is 9.97 Å². The van der Waals surface area contributed by atoms with Crippen molar-refractivity contribution in [3.05, 3.63) is 36.2 Å². The number of fused-ring (bicyclic) bond motifs is 3. The molecular formula is C17H17FN4O2. The average Bonchev–Trinajstić information content (AvgIpc) is 2.99. The zero-order valence-corrected chi connectivity index (χ0v) is 13.0. The second kappa shape index (κ2) is 5.76. The van der Waals surface area contributed by atoms with E-state index in [4.69, 9.17) is 10.5 Å². The normalized spacial score (nSPS) is 15.9. The molecule has 124 valence electrons. The Hall–Kier alpha value is -2.67. The minimum absolute atomic E-state index is 0.180. The molecule has 3 N–H and O–H groups in total. The van der Waals surface area contributed by atoms with Crippen molar-refractivity contribution in [3.8, 4) is 0 Å². The number of aromatic nitrogens is 2. The van der Waals surface area contributed by atoms with Crippen LogP contribution in [0.3, 0.4) is 0 Å². The molecule has 0 aliphatic carbocycles. The Morgan fingerprint density at radius 3 is 2.83 bits per heavy atom. The minimum Gasteiger partial charge on any atom is -0.381 e. The highest BCUT2D eigenvalue weighted by Gasteiger charge is 2.23. The Morgan fingerprint density at radius 2 is 2.08 bits per heavy atom. The van der Waals surface area contributed by atoms with E-state index < -0.39 is 5.91 Å². The maximum absolute atomic E-state index is 14.7. The molecule has 2 aromatic heterocycles. The van der Waals surface area contributed by atoms with E-state index in [0.29, 0.717) is 42.8 Å². The summed E-state index contributed by atoms with van der Waals surface area (Å²) in [7, 11) is 0. The minimum atomic E-state index is -0.547. The van der Waals surface area contributed by atoms with Crippen molar-refractivity contribution < 1.29 is 14.0 Å². The number of nitrogens with zero attached hydrogens (tertiary/aromatic N) is 2. The van der Waals surface area contributed by atoms with Crippen LogP contribution in [0.4, 0.5) is 10.2 Å². The average molecular weight is 328 g/mol. The van der Waals surface area contributed by atoms with Crippen LogP contribution >= 0.6 is 0 Å². The van der Waals surface area contributed by atoms with Crippen LogP contribution in [0, 0.1) is 0 Å². The van der Waals surface area contributed by atoms with Gasteiger partial charge >= 0.3 is 0 Å². The highest BCUT2D eigenvalue weighted by molar-refractivity contribution is 6.14. The SMILES string of the molecule is NC(=O)c1cncc2c1[nH]c1ccc(N(F)C3CCOCC3)cc12. The number of primary amides is 1. The monoisotopic (exact) mass is 328 g/mol. The fourth-order valence-corrected chi connectivity index (χ4v) is 3.24. The standard InChI is InChI=1S/C17H17FN4O2/c18-22(10-3-5-24-6-4-10)11-1-2-15-12(7-11)13-8-20-9-14(17(19)23)16(13)21-15/h1-2,7-10,21H,3-6H2,(H2,19,23). The van der Waals surface area contributed by atoms with Crippen LogP contribution in [0.1, 0.15) is 23.2 Å². The van der Waals surface area contributed by atoms with Crippen molar-refractivity contribution in [2.75, 3.05) is 18.3 Å². The number of hydrogen-bond donors (Lipinski definition) is 2. The molecule has 1 fully saturated rings. The number of carbonyl (C=O) groups excluding carboxylic acids is 1. The maximum atomic E-state index is 14.7. The molecule has 0 unspecified atom stereocenters. The summed E-state index contributed by atoms with van der Waals surface area (Å²) in [5.41, 5.74) is 7.65. The Kier molecular flexibility index (Phi) is 3.57. The molecule has 0 radical (unpaired) electrons. The Balaban J connectivity index is 1.81. The Labute approximate surface area is 137 Å². The van der Waals surface area contributed by atoms with Crippen LogP contribution in [0.5, 0.6) is 0 Å². The summed E-state index contributed by atoms with van der Waals surface area (Å²) in [6.45, 7) is 1.15. The van der Waals surface area contributed by atoms with Gasteiger partial charge in [-0.05, 0) is 31.0 Å². The summed E-state index contributed by atoms with van der Waals surface area (Å²) >= 11 is 0. The van der Waals surface area contributed by atoms with E-state index in [1.807, 2.05) is 0 Å². The number of carbonyl (C=O) groups is 1. The molecule has 1 saturated heterocycles. The third-order valence-corrected chi connectivity index (χ3v) is 4.52. The van der Waals surface area contributed by atoms with Gasteiger partial charge in [0.15, 0.2) is 0 Å². The zero-order valence-electron chi connectivity index (χ0n) is 13.0. The summed E-state index contributed by atoms with van der Waals surface area (Å²) in [6, 6.07) is 5.13. The summed E-state index contributed by atoms with van der Waals surface area (Å²) in [5.74, 6) is -0.547. The highest BCUT2D eigenvalue weighted by atomic mass is 19.2. The molecule has 1 aliphatic heterocycles. The first-order chi connectivity index (χ1) is 11.6. The number of H-pyrrole nitrogens is 1. The largest absolute Gasteiger partial charge is 0.381 e. The van der Waals surface area contributed by atoms with Gasteiger partial charge in [-0.1, -0.05) is 4.48 Å². The number of anilines is 1. The number of amides is 1. The molecule has 1 aliphatic rings. The first-order valence-corrected chi connectivity index (χ1v) is 7.87. The molecule has 3 heterocycles. The van der Waals surface area contributed by atoms with E-state index in [-0.39, 0.29) is 6.04 Å². The van der Waals surface area contributed by atoms with Gasteiger partial charge in [0.25, 0.3) is 5.91 Å². The highest BCUT2D eigenvalue weighted by Crippen LogP contribution is 2.32. The van der Waals surface area contributed by atoms with E-state index in [1.165, 1.54) is 6.20 Å². The molecule has 24 heavy (non-hydrogen) atoms. The molecule has 7 heteroatoms. The quantitative estimate of drug-likeness (QED) is 0.724. The summed E-state index contributed by atoms with van der Waals surface area (Å²) < 4.78 is 20.0. The van der Waals surface area contributed by atoms with Crippen LogP contribution < -0.4 is 10.9 Å². The number of nitrogens with one attached hydrogen (secondary N) is 1. The lowest BCUT2D eigenvalue weighted by Gasteiger charge is -2.28. The lowest BCUT2D eigenvalue weighted by Crippen LogP contribution is -2.33. The number of rotatable bonds is 3. The van der Waals surface area contributed by atoms with Gasteiger partial charge in [-0.2, -0.15) is 0 Å². The van der Waals surface area contributed by atoms with Crippen molar-refractivity contribution in [2.45, 2.75) is 18.9 Å². The number of ether oxygens (including phenoxy) is 1. The zero-order chi connectivity index (χ0) is 16.7. The smallest absolute Gasteiger partial charge is 0.252 e. The topological polar surface area (TPSA) is 84.2 Å². The molecule has 1 aromatic carbocycles. The van der Waals surface area contributed by atoms with Crippen molar-refractivity contribution in [1.82, 2.24) is 9.97 Å². The third kappa shape index (κ3) is 2.37. The van der Waals surface area contributed by atoms with Crippen molar-refractivity contribution in [3.63, 3.8) is 0 Å². The second-order valence-corrected chi connectivity index (χ2v) is 5.98. The van der Waals surface area contributed by atoms with Gasteiger partial charge in [0.05, 0.1) is 22.8 Å². The first kappa shape index (κ1) is 14.9. The van der Waals surface area contributed by atoms with E-state index >= 15 is 0 Å². The third-order valence-electron chi connectivity index (χ3n) is 4.52. The molecule has 0 atom stereocenters. The molecule has 6 nitrogen and oxygen atoms in total. The Bertz CT molecular complexity index is 917. The number of halogens is 1. The maximum Gasteiger partial charge on any atom is 0.252 e. The molecule has 3 aromatic rings. The van der Waals surface area contributed by atoms with Crippen molar-refractivity contribution in [1.29, 1.82) is 0 Å². The number of pyridine rings is 1. The summed E-state index contributed by atoms with van der Waals surface area (Å²) in [6.07, 6.45) is 4.41. The first-order valence-electron chi connectivity index (χ1n) is 7.87. The van der Waals surface area contributed by atoms with Gasteiger partial charge in [0, 0.05) is 41.9 Å². The lowest BCUT2D eigenvalue weighted by atomic mass is 10.1. The van der Waals surface area contributed by atoms with Gasteiger partial charge in [0.1, 0.15) is 0 Å². The second-order valence-electron chi connectivity index (χ2n) is 5.98. The predicted octanol–water partition coefficient (Wildman–Crippen LogP) is 2.68. The molecule has 1 amide bonds. The van der Waals surface area contributed by atoms with Crippen molar-refractivity contribution in [2.24, 2.45) is 5.73 Å². The van der Waals surface area contributed by atoms with Crippen LogP contribution in [0.25, 0.3) is 21.8 Å².